The number of nitrogens with two attached hydrogens (primary N) is 1. The zero-order valence-electron chi connectivity index (χ0n) is 13.8. The summed E-state index contributed by atoms with van der Waals surface area (Å²) in [6.07, 6.45) is 3.60. The van der Waals surface area contributed by atoms with Gasteiger partial charge in [-0.15, -0.1) is 0 Å². The van der Waals surface area contributed by atoms with E-state index in [0.29, 0.717) is 6.04 Å². The van der Waals surface area contributed by atoms with E-state index in [-0.39, 0.29) is 0 Å². The molecule has 0 saturated carbocycles. The van der Waals surface area contributed by atoms with Gasteiger partial charge in [-0.2, -0.15) is 0 Å². The van der Waals surface area contributed by atoms with Crippen LogP contribution in [0, 0.1) is 0 Å². The first-order valence-corrected chi connectivity index (χ1v) is 8.40. The number of unbranched alkanes of at least 4 members (excludes halogenated alkanes) is 2. The lowest BCUT2D eigenvalue weighted by molar-refractivity contribution is -0.708. The molecule has 118 valence electrons. The topological polar surface area (TPSA) is 25.8 Å². The number of benzene rings is 2. The van der Waals surface area contributed by atoms with Gasteiger partial charge in [-0.05, 0) is 25.5 Å². The van der Waals surface area contributed by atoms with Gasteiger partial charge in [-0.25, -0.2) is 0 Å². The van der Waals surface area contributed by atoms with Gasteiger partial charge in [0.1, 0.15) is 18.3 Å². The van der Waals surface area contributed by atoms with Crippen molar-refractivity contribution in [2.75, 3.05) is 6.61 Å². The first kappa shape index (κ1) is 16.6. The minimum absolute atomic E-state index is 0.453. The molecule has 2 aromatic carbocycles. The van der Waals surface area contributed by atoms with Crippen molar-refractivity contribution >= 4 is 0 Å². The Kier molecular flexibility index (Phi) is 6.98. The fourth-order valence-corrected chi connectivity index (χ4v) is 2.54. The third-order valence-corrected chi connectivity index (χ3v) is 3.99. The predicted molar refractivity (Wildman–Crippen MR) is 91.9 cm³/mol. The van der Waals surface area contributed by atoms with Crippen molar-refractivity contribution in [1.29, 1.82) is 0 Å². The Balaban J connectivity index is 1.89. The number of quaternary nitrogens is 1. The van der Waals surface area contributed by atoms with Crippen LogP contribution in [0.3, 0.4) is 0 Å². The van der Waals surface area contributed by atoms with Gasteiger partial charge in [0.25, 0.3) is 0 Å². The van der Waals surface area contributed by atoms with Gasteiger partial charge < -0.3 is 10.1 Å². The molecule has 2 nitrogen and oxygen atoms in total. The molecule has 0 aliphatic heterocycles. The molecule has 0 amide bonds. The first-order valence-electron chi connectivity index (χ1n) is 8.40. The van der Waals surface area contributed by atoms with Crippen LogP contribution in [0.25, 0.3) is 0 Å². The van der Waals surface area contributed by atoms with Gasteiger partial charge in [-0.1, -0.05) is 62.2 Å². The van der Waals surface area contributed by atoms with Crippen LogP contribution in [0.5, 0.6) is 5.75 Å². The molecule has 0 aliphatic rings. The van der Waals surface area contributed by atoms with Gasteiger partial charge in [-0.3, -0.25) is 0 Å². The number of hydrogen-bond donors (Lipinski definition) is 1. The molecule has 0 aromatic heterocycles. The maximum absolute atomic E-state index is 5.96. The van der Waals surface area contributed by atoms with Gasteiger partial charge >= 0.3 is 0 Å². The molecule has 0 saturated heterocycles. The van der Waals surface area contributed by atoms with Crippen LogP contribution in [0.15, 0.2) is 54.6 Å². The van der Waals surface area contributed by atoms with Crippen LogP contribution in [0.2, 0.25) is 0 Å². The molecule has 0 aliphatic carbocycles. The normalized spacial score (nSPS) is 12.1. The predicted octanol–water partition coefficient (Wildman–Crippen LogP) is 4.08. The Morgan fingerprint density at radius 3 is 2.45 bits per heavy atom. The SMILES string of the molecule is CCCCCOc1ccccc1C[NH2+][C@H](C)c1ccccc1. The highest BCUT2D eigenvalue weighted by molar-refractivity contribution is 5.32. The van der Waals surface area contributed by atoms with Gasteiger partial charge in [0.05, 0.1) is 6.61 Å². The Bertz CT molecular complexity index is 538. The van der Waals surface area contributed by atoms with Crippen molar-refractivity contribution in [3.63, 3.8) is 0 Å². The summed E-state index contributed by atoms with van der Waals surface area (Å²) in [7, 11) is 0. The zero-order chi connectivity index (χ0) is 15.6. The van der Waals surface area contributed by atoms with Crippen molar-refractivity contribution in [2.45, 2.75) is 45.7 Å². The molecule has 0 radical (unpaired) electrons. The van der Waals surface area contributed by atoms with Crippen LogP contribution in [-0.4, -0.2) is 6.61 Å². The molecule has 0 unspecified atom stereocenters. The number of para-hydroxylation sites is 1. The highest BCUT2D eigenvalue weighted by Crippen LogP contribution is 2.18. The number of hydrogen-bond acceptors (Lipinski definition) is 1. The van der Waals surface area contributed by atoms with E-state index in [2.05, 4.69) is 73.8 Å². The van der Waals surface area contributed by atoms with Crippen molar-refractivity contribution < 1.29 is 10.1 Å². The minimum atomic E-state index is 0.453. The molecule has 2 rings (SSSR count). The second-order valence-electron chi connectivity index (χ2n) is 5.80. The van der Waals surface area contributed by atoms with Gasteiger partial charge in [0.15, 0.2) is 0 Å². The molecular weight excluding hydrogens is 270 g/mol. The number of ether oxygens (including phenoxy) is 1. The minimum Gasteiger partial charge on any atom is -0.493 e. The van der Waals surface area contributed by atoms with E-state index >= 15 is 0 Å². The Hall–Kier alpha value is -1.80. The Morgan fingerprint density at radius 2 is 1.68 bits per heavy atom. The maximum atomic E-state index is 5.96. The van der Waals surface area contributed by atoms with E-state index < -0.39 is 0 Å². The molecule has 2 N–H and O–H groups in total. The van der Waals surface area contributed by atoms with Crippen molar-refractivity contribution in [2.24, 2.45) is 0 Å². The standard InChI is InChI=1S/C20H27NO/c1-3-4-10-15-22-20-14-9-8-13-19(20)16-21-17(2)18-11-6-5-7-12-18/h5-9,11-14,17,21H,3-4,10,15-16H2,1-2H3/p+1/t17-/m1/s1. The average Bonchev–Trinajstić information content (AvgIpc) is 2.58. The van der Waals surface area contributed by atoms with E-state index in [1.54, 1.807) is 0 Å². The summed E-state index contributed by atoms with van der Waals surface area (Å²) in [4.78, 5) is 0. The first-order chi connectivity index (χ1) is 10.8. The fraction of sp³-hybridized carbons (Fsp3) is 0.400. The summed E-state index contributed by atoms with van der Waals surface area (Å²) in [5.74, 6) is 1.04. The van der Waals surface area contributed by atoms with E-state index in [1.807, 2.05) is 0 Å². The highest BCUT2D eigenvalue weighted by Gasteiger charge is 2.10. The summed E-state index contributed by atoms with van der Waals surface area (Å²) in [6.45, 7) is 6.23. The fourth-order valence-electron chi connectivity index (χ4n) is 2.54. The molecule has 22 heavy (non-hydrogen) atoms. The molecule has 1 atom stereocenters. The van der Waals surface area contributed by atoms with Crippen LogP contribution >= 0.6 is 0 Å². The van der Waals surface area contributed by atoms with Crippen LogP contribution < -0.4 is 10.1 Å². The Labute approximate surface area is 134 Å². The zero-order valence-corrected chi connectivity index (χ0v) is 13.8. The molecular formula is C20H28NO+. The van der Waals surface area contributed by atoms with Crippen molar-refractivity contribution in [1.82, 2.24) is 0 Å². The van der Waals surface area contributed by atoms with E-state index in [1.165, 1.54) is 24.0 Å². The second-order valence-corrected chi connectivity index (χ2v) is 5.80. The average molecular weight is 298 g/mol. The Morgan fingerprint density at radius 1 is 0.955 bits per heavy atom. The molecule has 0 bridgehead atoms. The van der Waals surface area contributed by atoms with E-state index in [9.17, 15) is 0 Å². The maximum Gasteiger partial charge on any atom is 0.128 e. The van der Waals surface area contributed by atoms with Gasteiger partial charge in [0, 0.05) is 11.1 Å². The lowest BCUT2D eigenvalue weighted by atomic mass is 10.1. The third-order valence-electron chi connectivity index (χ3n) is 3.99. The van der Waals surface area contributed by atoms with Crippen molar-refractivity contribution in [3.8, 4) is 5.75 Å². The summed E-state index contributed by atoms with van der Waals surface area (Å²) in [5.41, 5.74) is 2.64. The largest absolute Gasteiger partial charge is 0.493 e. The highest BCUT2D eigenvalue weighted by atomic mass is 16.5. The smallest absolute Gasteiger partial charge is 0.128 e. The summed E-state index contributed by atoms with van der Waals surface area (Å²) >= 11 is 0. The summed E-state index contributed by atoms with van der Waals surface area (Å²) in [6, 6.07) is 19.5. The quantitative estimate of drug-likeness (QED) is 0.694. The summed E-state index contributed by atoms with van der Waals surface area (Å²) in [5, 5.41) is 2.36. The van der Waals surface area contributed by atoms with Crippen LogP contribution in [-0.2, 0) is 6.54 Å². The third kappa shape index (κ3) is 5.19. The molecule has 2 heteroatoms. The van der Waals surface area contributed by atoms with E-state index in [4.69, 9.17) is 4.74 Å². The molecule has 2 aromatic rings. The summed E-state index contributed by atoms with van der Waals surface area (Å²) < 4.78 is 5.96. The van der Waals surface area contributed by atoms with Crippen LogP contribution in [0.1, 0.15) is 50.3 Å². The molecule has 0 fully saturated rings. The van der Waals surface area contributed by atoms with Crippen molar-refractivity contribution in [3.05, 3.63) is 65.7 Å². The lowest BCUT2D eigenvalue weighted by Gasteiger charge is -2.14. The monoisotopic (exact) mass is 298 g/mol. The van der Waals surface area contributed by atoms with Crippen LogP contribution in [0.4, 0.5) is 0 Å². The number of rotatable bonds is 9. The lowest BCUT2D eigenvalue weighted by Crippen LogP contribution is -2.83. The molecule has 0 spiro atoms. The van der Waals surface area contributed by atoms with Gasteiger partial charge in [0.2, 0.25) is 0 Å². The van der Waals surface area contributed by atoms with E-state index in [0.717, 1.165) is 25.3 Å². The second kappa shape index (κ2) is 9.26. The molecule has 0 heterocycles.